The van der Waals surface area contributed by atoms with Gasteiger partial charge in [0.2, 0.25) is 0 Å². The summed E-state index contributed by atoms with van der Waals surface area (Å²) >= 11 is 0. The van der Waals surface area contributed by atoms with E-state index in [0.717, 1.165) is 0 Å². The molecule has 0 fully saturated rings. The molecule has 8 rings (SSSR count). The predicted octanol–water partition coefficient (Wildman–Crippen LogP) is 11.6. The van der Waals surface area contributed by atoms with E-state index in [0.29, 0.717) is 0 Å². The van der Waals surface area contributed by atoms with Crippen LogP contribution >= 0.6 is 0 Å². The maximum Gasteiger partial charge on any atom is 0.0508 e. The zero-order valence-corrected chi connectivity index (χ0v) is 25.8. The average Bonchev–Trinajstić information content (AvgIpc) is 3.06. The summed E-state index contributed by atoms with van der Waals surface area (Å²) in [6.45, 7) is 9.40. The molecule has 0 radical (unpaired) electrons. The number of hydrogen-bond acceptors (Lipinski definition) is 2. The molecule has 0 atom stereocenters. The van der Waals surface area contributed by atoms with Crippen molar-refractivity contribution in [3.05, 3.63) is 168 Å². The SMILES string of the molecule is CC1(C)c2ccccc2N(c2ccccc2)c2cc(-c3ccc4c(c3)N(c3ccccc3)c3ccccc3C4(C)C)ccc21. The zero-order chi connectivity index (χ0) is 30.1. The highest BCUT2D eigenvalue weighted by Crippen LogP contribution is 2.55. The molecule has 2 aliphatic rings. The second-order valence-corrected chi connectivity index (χ2v) is 13.1. The lowest BCUT2D eigenvalue weighted by Crippen LogP contribution is -2.31. The predicted molar refractivity (Wildman–Crippen MR) is 185 cm³/mol. The fraction of sp³-hybridized carbons (Fsp3) is 0.143. The second-order valence-electron chi connectivity index (χ2n) is 13.1. The normalized spacial score (nSPS) is 15.5. The lowest BCUT2D eigenvalue weighted by atomic mass is 9.72. The van der Waals surface area contributed by atoms with E-state index in [1.54, 1.807) is 0 Å². The highest BCUT2D eigenvalue weighted by atomic mass is 15.2. The number of nitrogens with zero attached hydrogens (tertiary/aromatic N) is 2. The van der Waals surface area contributed by atoms with Crippen LogP contribution in [0.15, 0.2) is 146 Å². The summed E-state index contributed by atoms with van der Waals surface area (Å²) in [4.78, 5) is 4.88. The van der Waals surface area contributed by atoms with Gasteiger partial charge in [-0.1, -0.05) is 125 Å². The molecule has 6 aromatic carbocycles. The van der Waals surface area contributed by atoms with Gasteiger partial charge < -0.3 is 9.80 Å². The van der Waals surface area contributed by atoms with Gasteiger partial charge in [-0.15, -0.1) is 0 Å². The summed E-state index contributed by atoms with van der Waals surface area (Å²) in [6.07, 6.45) is 0. The number of rotatable bonds is 3. The van der Waals surface area contributed by atoms with Gasteiger partial charge in [0, 0.05) is 22.2 Å². The highest BCUT2D eigenvalue weighted by molar-refractivity contribution is 5.91. The summed E-state index contributed by atoms with van der Waals surface area (Å²) in [5.41, 5.74) is 14.9. The Morgan fingerprint density at radius 2 is 0.682 bits per heavy atom. The Kier molecular flexibility index (Phi) is 5.86. The van der Waals surface area contributed by atoms with E-state index in [2.05, 4.69) is 183 Å². The van der Waals surface area contributed by atoms with Gasteiger partial charge in [-0.05, 0) is 81.9 Å². The van der Waals surface area contributed by atoms with E-state index >= 15 is 0 Å². The summed E-state index contributed by atoms with van der Waals surface area (Å²) < 4.78 is 0. The molecule has 2 aliphatic heterocycles. The number of benzene rings is 6. The lowest BCUT2D eigenvalue weighted by molar-refractivity contribution is 0.631. The van der Waals surface area contributed by atoms with Gasteiger partial charge in [0.15, 0.2) is 0 Å². The van der Waals surface area contributed by atoms with Gasteiger partial charge >= 0.3 is 0 Å². The molecule has 2 heteroatoms. The highest BCUT2D eigenvalue weighted by Gasteiger charge is 2.38. The standard InChI is InChI=1S/C42H36N2/c1-41(2)33-19-11-13-21-37(33)43(31-15-7-5-8-16-31)39-27-29(23-25-35(39)41)30-24-26-36-40(28-30)44(32-17-9-6-10-18-32)38-22-14-12-20-34(38)42(36,3)4/h5-28H,1-4H3. The van der Waals surface area contributed by atoms with Crippen LogP contribution in [0.5, 0.6) is 0 Å². The first kappa shape index (κ1) is 26.5. The van der Waals surface area contributed by atoms with E-state index in [1.807, 2.05) is 0 Å². The van der Waals surface area contributed by atoms with Crippen molar-refractivity contribution in [3.63, 3.8) is 0 Å². The van der Waals surface area contributed by atoms with Crippen molar-refractivity contribution in [2.45, 2.75) is 38.5 Å². The van der Waals surface area contributed by atoms with Crippen LogP contribution in [-0.4, -0.2) is 0 Å². The Balaban J connectivity index is 1.33. The van der Waals surface area contributed by atoms with Gasteiger partial charge in [-0.2, -0.15) is 0 Å². The molecule has 2 nitrogen and oxygen atoms in total. The summed E-state index contributed by atoms with van der Waals surface area (Å²) in [5.74, 6) is 0. The van der Waals surface area contributed by atoms with Crippen LogP contribution in [-0.2, 0) is 10.8 Å². The molecular formula is C42H36N2. The molecule has 0 aromatic heterocycles. The first-order valence-corrected chi connectivity index (χ1v) is 15.5. The van der Waals surface area contributed by atoms with Crippen molar-refractivity contribution in [1.82, 2.24) is 0 Å². The Morgan fingerprint density at radius 3 is 1.09 bits per heavy atom. The van der Waals surface area contributed by atoms with Crippen molar-refractivity contribution < 1.29 is 0 Å². The minimum absolute atomic E-state index is 0.122. The molecule has 0 spiro atoms. The number of hydrogen-bond donors (Lipinski definition) is 0. The minimum Gasteiger partial charge on any atom is -0.310 e. The molecule has 0 amide bonds. The van der Waals surface area contributed by atoms with Crippen LogP contribution in [0.1, 0.15) is 49.9 Å². The van der Waals surface area contributed by atoms with Crippen LogP contribution in [0.2, 0.25) is 0 Å². The molecule has 2 heterocycles. The van der Waals surface area contributed by atoms with Crippen LogP contribution in [0.3, 0.4) is 0 Å². The van der Waals surface area contributed by atoms with Gasteiger partial charge in [-0.25, -0.2) is 0 Å². The van der Waals surface area contributed by atoms with E-state index in [9.17, 15) is 0 Å². The third-order valence-electron chi connectivity index (χ3n) is 9.82. The van der Waals surface area contributed by atoms with Crippen molar-refractivity contribution in [2.75, 3.05) is 9.80 Å². The molecule has 6 aromatic rings. The van der Waals surface area contributed by atoms with Crippen LogP contribution in [0.4, 0.5) is 34.1 Å². The third-order valence-corrected chi connectivity index (χ3v) is 9.82. The van der Waals surface area contributed by atoms with Crippen molar-refractivity contribution in [2.24, 2.45) is 0 Å². The van der Waals surface area contributed by atoms with Gasteiger partial charge in [-0.3, -0.25) is 0 Å². The topological polar surface area (TPSA) is 6.48 Å². The number of anilines is 6. The third kappa shape index (κ3) is 3.87. The fourth-order valence-corrected chi connectivity index (χ4v) is 7.50. The van der Waals surface area contributed by atoms with Gasteiger partial charge in [0.1, 0.15) is 0 Å². The van der Waals surface area contributed by atoms with Crippen molar-refractivity contribution in [3.8, 4) is 11.1 Å². The molecule has 0 saturated carbocycles. The largest absolute Gasteiger partial charge is 0.310 e. The average molecular weight is 569 g/mol. The lowest BCUT2D eigenvalue weighted by Gasteiger charge is -2.43. The molecule has 0 N–H and O–H groups in total. The van der Waals surface area contributed by atoms with Crippen molar-refractivity contribution in [1.29, 1.82) is 0 Å². The van der Waals surface area contributed by atoms with E-state index < -0.39 is 0 Å². The summed E-state index contributed by atoms with van der Waals surface area (Å²) in [7, 11) is 0. The Labute approximate surface area is 260 Å². The van der Waals surface area contributed by atoms with Gasteiger partial charge in [0.05, 0.1) is 22.7 Å². The van der Waals surface area contributed by atoms with E-state index in [4.69, 9.17) is 0 Å². The summed E-state index contributed by atoms with van der Waals surface area (Å²) in [6, 6.07) is 53.4. The Morgan fingerprint density at radius 1 is 0.341 bits per heavy atom. The van der Waals surface area contributed by atoms with E-state index in [-0.39, 0.29) is 10.8 Å². The Bertz CT molecular complexity index is 1870. The molecule has 0 unspecified atom stereocenters. The first-order valence-electron chi connectivity index (χ1n) is 15.5. The maximum atomic E-state index is 2.44. The second kappa shape index (κ2) is 9.72. The van der Waals surface area contributed by atoms with Crippen molar-refractivity contribution >= 4 is 34.1 Å². The van der Waals surface area contributed by atoms with Crippen LogP contribution in [0.25, 0.3) is 11.1 Å². The molecular weight excluding hydrogens is 532 g/mol. The summed E-state index contributed by atoms with van der Waals surface area (Å²) in [5, 5.41) is 0. The fourth-order valence-electron chi connectivity index (χ4n) is 7.50. The smallest absolute Gasteiger partial charge is 0.0508 e. The Hall–Kier alpha value is -5.08. The molecule has 44 heavy (non-hydrogen) atoms. The molecule has 214 valence electrons. The van der Waals surface area contributed by atoms with E-state index in [1.165, 1.54) is 67.5 Å². The molecule has 0 saturated heterocycles. The minimum atomic E-state index is -0.122. The van der Waals surface area contributed by atoms with Crippen LogP contribution in [0, 0.1) is 0 Å². The maximum absolute atomic E-state index is 2.44. The van der Waals surface area contributed by atoms with Gasteiger partial charge in [0.25, 0.3) is 0 Å². The number of para-hydroxylation sites is 4. The zero-order valence-electron chi connectivity index (χ0n) is 25.8. The number of fused-ring (bicyclic) bond motifs is 4. The molecule has 0 bridgehead atoms. The molecule has 0 aliphatic carbocycles. The quantitative estimate of drug-likeness (QED) is 0.209. The first-order chi connectivity index (χ1) is 21.4. The van der Waals surface area contributed by atoms with Crippen LogP contribution < -0.4 is 9.80 Å². The monoisotopic (exact) mass is 568 g/mol.